The summed E-state index contributed by atoms with van der Waals surface area (Å²) < 4.78 is 10.3. The SMILES string of the molecule is CCOC(=O)[C@H](CCc1ccccc1)NC(CCCCN)C(=O)N[C@@H](Cc1c[nH]c2ccccc12)C(=O)OC. The molecule has 0 spiro atoms. The predicted octanol–water partition coefficient (Wildman–Crippen LogP) is 3.02. The second-order valence-electron chi connectivity index (χ2n) is 9.48. The molecule has 0 aliphatic rings. The molecule has 0 fully saturated rings. The van der Waals surface area contributed by atoms with Crippen LogP contribution in [0.2, 0.25) is 0 Å². The first kappa shape index (κ1) is 29.9. The largest absolute Gasteiger partial charge is 0.467 e. The highest BCUT2D eigenvalue weighted by Gasteiger charge is 2.30. The first-order chi connectivity index (χ1) is 19.0. The molecular weight excluding hydrogens is 496 g/mol. The molecule has 0 bridgehead atoms. The van der Waals surface area contributed by atoms with Gasteiger partial charge in [0.25, 0.3) is 0 Å². The molecule has 3 atom stereocenters. The average Bonchev–Trinajstić information content (AvgIpc) is 3.36. The van der Waals surface area contributed by atoms with Crippen LogP contribution in [0.1, 0.15) is 43.7 Å². The predicted molar refractivity (Wildman–Crippen MR) is 151 cm³/mol. The average molecular weight is 537 g/mol. The number of methoxy groups -OCH3 is 1. The number of aryl methyl sites for hydroxylation is 1. The molecule has 9 nitrogen and oxygen atoms in total. The molecule has 2 aromatic carbocycles. The van der Waals surface area contributed by atoms with E-state index in [0.717, 1.165) is 28.5 Å². The summed E-state index contributed by atoms with van der Waals surface area (Å²) in [6.45, 7) is 2.49. The van der Waals surface area contributed by atoms with Gasteiger partial charge in [0, 0.05) is 23.5 Å². The first-order valence-electron chi connectivity index (χ1n) is 13.6. The van der Waals surface area contributed by atoms with Gasteiger partial charge in [-0.05, 0) is 56.3 Å². The van der Waals surface area contributed by atoms with E-state index in [-0.39, 0.29) is 18.9 Å². The van der Waals surface area contributed by atoms with Crippen molar-refractivity contribution < 1.29 is 23.9 Å². The number of fused-ring (bicyclic) bond motifs is 1. The fourth-order valence-electron chi connectivity index (χ4n) is 4.62. The van der Waals surface area contributed by atoms with E-state index in [1.165, 1.54) is 7.11 Å². The molecule has 5 N–H and O–H groups in total. The number of nitrogens with one attached hydrogen (secondary N) is 3. The summed E-state index contributed by atoms with van der Waals surface area (Å²) in [5.74, 6) is -1.33. The summed E-state index contributed by atoms with van der Waals surface area (Å²) in [5.41, 5.74) is 8.61. The number of nitrogens with two attached hydrogens (primary N) is 1. The fraction of sp³-hybridized carbons (Fsp3) is 0.433. The monoisotopic (exact) mass is 536 g/mol. The number of carbonyl (C=O) groups excluding carboxylic acids is 3. The Morgan fingerprint density at radius 3 is 2.38 bits per heavy atom. The molecule has 3 aromatic rings. The molecule has 9 heteroatoms. The molecule has 0 saturated carbocycles. The molecular formula is C30H40N4O5. The lowest BCUT2D eigenvalue weighted by Gasteiger charge is -2.26. The number of aromatic amines is 1. The van der Waals surface area contributed by atoms with E-state index in [0.29, 0.717) is 32.2 Å². The van der Waals surface area contributed by atoms with Crippen molar-refractivity contribution in [1.29, 1.82) is 0 Å². The van der Waals surface area contributed by atoms with Gasteiger partial charge in [0.05, 0.1) is 19.8 Å². The lowest BCUT2D eigenvalue weighted by molar-refractivity contribution is -0.147. The summed E-state index contributed by atoms with van der Waals surface area (Å²) in [6.07, 6.45) is 5.05. The van der Waals surface area contributed by atoms with Crippen molar-refractivity contribution in [2.45, 2.75) is 63.6 Å². The third-order valence-electron chi connectivity index (χ3n) is 6.70. The molecule has 3 rings (SSSR count). The van der Waals surface area contributed by atoms with Gasteiger partial charge in [-0.25, -0.2) is 4.79 Å². The number of rotatable bonds is 16. The smallest absolute Gasteiger partial charge is 0.328 e. The van der Waals surface area contributed by atoms with Crippen LogP contribution in [0.3, 0.4) is 0 Å². The van der Waals surface area contributed by atoms with Crippen LogP contribution in [0.4, 0.5) is 0 Å². The van der Waals surface area contributed by atoms with Crippen LogP contribution in [0.25, 0.3) is 10.9 Å². The van der Waals surface area contributed by atoms with Crippen molar-refractivity contribution in [3.63, 3.8) is 0 Å². The molecule has 0 radical (unpaired) electrons. The number of esters is 2. The first-order valence-corrected chi connectivity index (χ1v) is 13.6. The molecule has 39 heavy (non-hydrogen) atoms. The maximum absolute atomic E-state index is 13.6. The van der Waals surface area contributed by atoms with Crippen LogP contribution in [-0.4, -0.2) is 61.2 Å². The number of hydrogen-bond acceptors (Lipinski definition) is 7. The van der Waals surface area contributed by atoms with Crippen LogP contribution < -0.4 is 16.4 Å². The second kappa shape index (κ2) is 15.7. The standard InChI is InChI=1S/C30H40N4O5/c1-3-39-30(37)26(17-16-21-11-5-4-6-12-21)33-25(15-9-10-18-31)28(35)34-27(29(36)38-2)19-22-20-32-24-14-8-7-13-23(22)24/h4-8,11-14,20,25-27,32-33H,3,9-10,15-19,31H2,1-2H3,(H,34,35)/t25?,26-,27-/m0/s1. The molecule has 1 aromatic heterocycles. The number of ether oxygens (including phenoxy) is 2. The fourth-order valence-corrected chi connectivity index (χ4v) is 4.62. The number of aromatic nitrogens is 1. The quantitative estimate of drug-likeness (QED) is 0.163. The Balaban J connectivity index is 1.77. The number of para-hydroxylation sites is 1. The van der Waals surface area contributed by atoms with E-state index in [4.69, 9.17) is 15.2 Å². The normalized spacial score (nSPS) is 13.4. The van der Waals surface area contributed by atoms with Crippen LogP contribution >= 0.6 is 0 Å². The van der Waals surface area contributed by atoms with Crippen LogP contribution in [-0.2, 0) is 36.7 Å². The molecule has 0 aliphatic heterocycles. The van der Waals surface area contributed by atoms with E-state index in [1.54, 1.807) is 6.92 Å². The molecule has 210 valence electrons. The Kier molecular flexibility index (Phi) is 12.0. The minimum Gasteiger partial charge on any atom is -0.467 e. The number of benzene rings is 2. The minimum absolute atomic E-state index is 0.238. The topological polar surface area (TPSA) is 136 Å². The zero-order valence-electron chi connectivity index (χ0n) is 22.8. The summed E-state index contributed by atoms with van der Waals surface area (Å²) >= 11 is 0. The van der Waals surface area contributed by atoms with Gasteiger partial charge in [0.1, 0.15) is 12.1 Å². The minimum atomic E-state index is -0.897. The Morgan fingerprint density at radius 2 is 1.67 bits per heavy atom. The van der Waals surface area contributed by atoms with Crippen LogP contribution in [0.15, 0.2) is 60.8 Å². The number of amides is 1. The van der Waals surface area contributed by atoms with Crippen molar-refractivity contribution in [2.75, 3.05) is 20.3 Å². The Hall–Kier alpha value is -3.69. The lowest BCUT2D eigenvalue weighted by Crippen LogP contribution is -2.55. The zero-order valence-corrected chi connectivity index (χ0v) is 22.8. The van der Waals surface area contributed by atoms with E-state index in [1.807, 2.05) is 60.8 Å². The third-order valence-corrected chi connectivity index (χ3v) is 6.70. The molecule has 1 unspecified atom stereocenters. The summed E-state index contributed by atoms with van der Waals surface area (Å²) in [6, 6.07) is 15.3. The maximum atomic E-state index is 13.6. The number of carbonyl (C=O) groups is 3. The van der Waals surface area contributed by atoms with Crippen molar-refractivity contribution in [3.05, 3.63) is 71.9 Å². The number of unbranched alkanes of at least 4 members (excludes halogenated alkanes) is 1. The van der Waals surface area contributed by atoms with E-state index in [9.17, 15) is 14.4 Å². The third kappa shape index (κ3) is 8.94. The van der Waals surface area contributed by atoms with Gasteiger partial charge in [-0.1, -0.05) is 55.0 Å². The highest BCUT2D eigenvalue weighted by molar-refractivity contribution is 5.89. The lowest BCUT2D eigenvalue weighted by atomic mass is 10.0. The summed E-state index contributed by atoms with van der Waals surface area (Å²) in [4.78, 5) is 42.3. The van der Waals surface area contributed by atoms with Gasteiger partial charge in [-0.2, -0.15) is 0 Å². The van der Waals surface area contributed by atoms with Gasteiger partial charge in [-0.15, -0.1) is 0 Å². The molecule has 1 heterocycles. The van der Waals surface area contributed by atoms with E-state index in [2.05, 4.69) is 15.6 Å². The van der Waals surface area contributed by atoms with Gasteiger partial charge in [-0.3, -0.25) is 14.9 Å². The van der Waals surface area contributed by atoms with Crippen LogP contribution in [0.5, 0.6) is 0 Å². The van der Waals surface area contributed by atoms with Gasteiger partial charge >= 0.3 is 11.9 Å². The number of hydrogen-bond donors (Lipinski definition) is 4. The van der Waals surface area contributed by atoms with Crippen molar-refractivity contribution >= 4 is 28.7 Å². The van der Waals surface area contributed by atoms with Crippen LogP contribution in [0, 0.1) is 0 Å². The molecule has 0 saturated heterocycles. The Labute approximate surface area is 229 Å². The van der Waals surface area contributed by atoms with E-state index < -0.39 is 30.1 Å². The maximum Gasteiger partial charge on any atom is 0.328 e. The van der Waals surface area contributed by atoms with Crippen molar-refractivity contribution in [2.24, 2.45) is 5.73 Å². The molecule has 0 aliphatic carbocycles. The zero-order chi connectivity index (χ0) is 28.0. The van der Waals surface area contributed by atoms with Crippen molar-refractivity contribution in [3.8, 4) is 0 Å². The summed E-state index contributed by atoms with van der Waals surface area (Å²) in [5, 5.41) is 7.08. The Morgan fingerprint density at radius 1 is 0.923 bits per heavy atom. The van der Waals surface area contributed by atoms with Gasteiger partial charge in [0.2, 0.25) is 5.91 Å². The highest BCUT2D eigenvalue weighted by Crippen LogP contribution is 2.20. The number of H-pyrrole nitrogens is 1. The summed E-state index contributed by atoms with van der Waals surface area (Å²) in [7, 11) is 1.30. The van der Waals surface area contributed by atoms with Crippen molar-refractivity contribution in [1.82, 2.24) is 15.6 Å². The Bertz CT molecular complexity index is 1200. The van der Waals surface area contributed by atoms with Gasteiger partial charge in [0.15, 0.2) is 0 Å². The molecule has 1 amide bonds. The highest BCUT2D eigenvalue weighted by atomic mass is 16.5. The van der Waals surface area contributed by atoms with Gasteiger partial charge < -0.3 is 25.5 Å². The second-order valence-corrected chi connectivity index (χ2v) is 9.48. The van der Waals surface area contributed by atoms with E-state index >= 15 is 0 Å².